The predicted octanol–water partition coefficient (Wildman–Crippen LogP) is 0.661. The zero-order chi connectivity index (χ0) is 16.0. The number of rotatable bonds is 6. The molecule has 1 aromatic carbocycles. The Morgan fingerprint density at radius 3 is 2.48 bits per heavy atom. The molecule has 0 spiro atoms. The SMILES string of the molecule is COc1ccc(OC)c(NC(=O)NCC(C)(O)C(=O)O)c1. The van der Waals surface area contributed by atoms with E-state index in [9.17, 15) is 14.7 Å². The van der Waals surface area contributed by atoms with Crippen molar-refractivity contribution in [2.75, 3.05) is 26.1 Å². The van der Waals surface area contributed by atoms with Gasteiger partial charge in [0.15, 0.2) is 5.60 Å². The van der Waals surface area contributed by atoms with E-state index in [1.807, 2.05) is 0 Å². The van der Waals surface area contributed by atoms with Crippen LogP contribution in [0, 0.1) is 0 Å². The summed E-state index contributed by atoms with van der Waals surface area (Å²) < 4.78 is 10.1. The second kappa shape index (κ2) is 6.80. The molecule has 0 aromatic heterocycles. The number of carbonyl (C=O) groups excluding carboxylic acids is 1. The summed E-state index contributed by atoms with van der Waals surface area (Å²) in [6.45, 7) is 0.641. The fraction of sp³-hybridized carbons (Fsp3) is 0.385. The molecule has 4 N–H and O–H groups in total. The minimum absolute atomic E-state index is 0.351. The summed E-state index contributed by atoms with van der Waals surface area (Å²) in [7, 11) is 2.93. The van der Waals surface area contributed by atoms with Gasteiger partial charge in [-0.05, 0) is 19.1 Å². The van der Waals surface area contributed by atoms with Crippen LogP contribution in [0.3, 0.4) is 0 Å². The van der Waals surface area contributed by atoms with E-state index in [1.54, 1.807) is 18.2 Å². The molecule has 1 atom stereocenters. The van der Waals surface area contributed by atoms with Crippen molar-refractivity contribution in [2.24, 2.45) is 0 Å². The topological polar surface area (TPSA) is 117 Å². The van der Waals surface area contributed by atoms with Crippen molar-refractivity contribution in [3.8, 4) is 11.5 Å². The Kier molecular flexibility index (Phi) is 5.37. The summed E-state index contributed by atoms with van der Waals surface area (Å²) in [5.41, 5.74) is -1.69. The van der Waals surface area contributed by atoms with Crippen molar-refractivity contribution in [1.82, 2.24) is 5.32 Å². The first-order valence-corrected chi connectivity index (χ1v) is 6.03. The van der Waals surface area contributed by atoms with Crippen LogP contribution in [0.1, 0.15) is 6.92 Å². The van der Waals surface area contributed by atoms with E-state index in [1.165, 1.54) is 14.2 Å². The summed E-state index contributed by atoms with van der Waals surface area (Å²) in [5, 5.41) is 23.0. The Morgan fingerprint density at radius 2 is 1.95 bits per heavy atom. The molecule has 0 aliphatic heterocycles. The fourth-order valence-electron chi connectivity index (χ4n) is 1.41. The highest BCUT2D eigenvalue weighted by atomic mass is 16.5. The quantitative estimate of drug-likeness (QED) is 0.613. The summed E-state index contributed by atoms with van der Waals surface area (Å²) >= 11 is 0. The fourth-order valence-corrected chi connectivity index (χ4v) is 1.41. The number of benzene rings is 1. The number of anilines is 1. The maximum absolute atomic E-state index is 11.7. The molecular formula is C13H18N2O6. The molecule has 2 amide bonds. The highest BCUT2D eigenvalue weighted by Gasteiger charge is 2.30. The molecule has 1 rings (SSSR count). The second-order valence-corrected chi connectivity index (χ2v) is 4.45. The number of aliphatic hydroxyl groups is 1. The first-order valence-electron chi connectivity index (χ1n) is 6.03. The molecule has 1 unspecified atom stereocenters. The molecule has 0 saturated carbocycles. The van der Waals surface area contributed by atoms with Gasteiger partial charge in [-0.15, -0.1) is 0 Å². The highest BCUT2D eigenvalue weighted by Crippen LogP contribution is 2.28. The molecule has 0 aliphatic rings. The Labute approximate surface area is 121 Å². The summed E-state index contributed by atoms with van der Waals surface area (Å²) in [6, 6.07) is 4.15. The number of hydrogen-bond acceptors (Lipinski definition) is 5. The molecule has 8 heteroatoms. The lowest BCUT2D eigenvalue weighted by Crippen LogP contribution is -2.47. The Morgan fingerprint density at radius 1 is 1.29 bits per heavy atom. The lowest BCUT2D eigenvalue weighted by atomic mass is 10.1. The highest BCUT2D eigenvalue weighted by molar-refractivity contribution is 5.91. The van der Waals surface area contributed by atoms with E-state index in [0.29, 0.717) is 17.2 Å². The van der Waals surface area contributed by atoms with Crippen LogP contribution < -0.4 is 20.1 Å². The van der Waals surface area contributed by atoms with Gasteiger partial charge in [0.25, 0.3) is 0 Å². The smallest absolute Gasteiger partial charge is 0.337 e. The summed E-state index contributed by atoms with van der Waals surface area (Å²) in [6.07, 6.45) is 0. The van der Waals surface area contributed by atoms with Gasteiger partial charge in [0.1, 0.15) is 11.5 Å². The van der Waals surface area contributed by atoms with Crippen molar-refractivity contribution >= 4 is 17.7 Å². The van der Waals surface area contributed by atoms with Crippen molar-refractivity contribution < 1.29 is 29.3 Å². The molecule has 21 heavy (non-hydrogen) atoms. The zero-order valence-electron chi connectivity index (χ0n) is 12.0. The van der Waals surface area contributed by atoms with E-state index < -0.39 is 24.1 Å². The van der Waals surface area contributed by atoms with Crippen LogP contribution in [-0.2, 0) is 4.79 Å². The lowest BCUT2D eigenvalue weighted by molar-refractivity contribution is -0.155. The summed E-state index contributed by atoms with van der Waals surface area (Å²) in [4.78, 5) is 22.4. The first-order chi connectivity index (χ1) is 9.80. The van der Waals surface area contributed by atoms with Crippen LogP contribution in [0.4, 0.5) is 10.5 Å². The van der Waals surface area contributed by atoms with Gasteiger partial charge in [0.2, 0.25) is 0 Å². The molecule has 0 saturated heterocycles. The minimum Gasteiger partial charge on any atom is -0.497 e. The molecule has 8 nitrogen and oxygen atoms in total. The predicted molar refractivity (Wildman–Crippen MR) is 74.8 cm³/mol. The Balaban J connectivity index is 2.72. The number of urea groups is 1. The van der Waals surface area contributed by atoms with E-state index in [2.05, 4.69) is 10.6 Å². The number of aliphatic carboxylic acids is 1. The Hall–Kier alpha value is -2.48. The third-order valence-corrected chi connectivity index (χ3v) is 2.71. The third-order valence-electron chi connectivity index (χ3n) is 2.71. The molecule has 0 bridgehead atoms. The van der Waals surface area contributed by atoms with Crippen molar-refractivity contribution in [2.45, 2.75) is 12.5 Å². The molecule has 0 heterocycles. The lowest BCUT2D eigenvalue weighted by Gasteiger charge is -2.19. The van der Waals surface area contributed by atoms with Crippen molar-refractivity contribution in [3.63, 3.8) is 0 Å². The first kappa shape index (κ1) is 16.6. The normalized spacial score (nSPS) is 13.0. The maximum Gasteiger partial charge on any atom is 0.337 e. The van der Waals surface area contributed by atoms with Crippen LogP contribution in [0.5, 0.6) is 11.5 Å². The van der Waals surface area contributed by atoms with Crippen molar-refractivity contribution in [1.29, 1.82) is 0 Å². The molecule has 1 aromatic rings. The Bertz CT molecular complexity index is 529. The molecular weight excluding hydrogens is 280 g/mol. The molecule has 0 fully saturated rings. The van der Waals surface area contributed by atoms with Gasteiger partial charge >= 0.3 is 12.0 Å². The van der Waals surface area contributed by atoms with E-state index in [4.69, 9.17) is 14.6 Å². The van der Waals surface area contributed by atoms with Gasteiger partial charge in [-0.25, -0.2) is 9.59 Å². The van der Waals surface area contributed by atoms with Gasteiger partial charge in [0.05, 0.1) is 26.5 Å². The molecule has 116 valence electrons. The van der Waals surface area contributed by atoms with Gasteiger partial charge in [-0.1, -0.05) is 0 Å². The van der Waals surface area contributed by atoms with Gasteiger partial charge in [-0.3, -0.25) is 0 Å². The molecule has 0 aliphatic carbocycles. The molecule has 0 radical (unpaired) electrons. The number of hydrogen-bond donors (Lipinski definition) is 4. The van der Waals surface area contributed by atoms with Crippen LogP contribution >= 0.6 is 0 Å². The number of carboxylic acid groups (broad SMARTS) is 1. The van der Waals surface area contributed by atoms with Crippen LogP contribution in [-0.4, -0.2) is 48.6 Å². The van der Waals surface area contributed by atoms with E-state index in [0.717, 1.165) is 6.92 Å². The largest absolute Gasteiger partial charge is 0.497 e. The number of nitrogens with one attached hydrogen (secondary N) is 2. The third kappa shape index (κ3) is 4.53. The van der Waals surface area contributed by atoms with E-state index >= 15 is 0 Å². The van der Waals surface area contributed by atoms with Crippen molar-refractivity contribution in [3.05, 3.63) is 18.2 Å². The summed E-state index contributed by atoms with van der Waals surface area (Å²) in [5.74, 6) is -0.499. The van der Waals surface area contributed by atoms with Gasteiger partial charge in [-0.2, -0.15) is 0 Å². The minimum atomic E-state index is -2.05. The standard InChI is InChI=1S/C13H18N2O6/c1-13(19,11(16)17)7-14-12(18)15-9-6-8(20-2)4-5-10(9)21-3/h4-6,19H,7H2,1-3H3,(H,16,17)(H2,14,15,18). The zero-order valence-corrected chi connectivity index (χ0v) is 12.0. The monoisotopic (exact) mass is 298 g/mol. The second-order valence-electron chi connectivity index (χ2n) is 4.45. The number of methoxy groups -OCH3 is 2. The number of ether oxygens (including phenoxy) is 2. The number of carboxylic acids is 1. The number of carbonyl (C=O) groups is 2. The van der Waals surface area contributed by atoms with E-state index in [-0.39, 0.29) is 0 Å². The maximum atomic E-state index is 11.7. The average Bonchev–Trinajstić information content (AvgIpc) is 2.45. The van der Waals surface area contributed by atoms with Crippen LogP contribution in [0.25, 0.3) is 0 Å². The van der Waals surface area contributed by atoms with Gasteiger partial charge in [0, 0.05) is 6.07 Å². The van der Waals surface area contributed by atoms with Gasteiger partial charge < -0.3 is 30.3 Å². The van der Waals surface area contributed by atoms with Crippen LogP contribution in [0.15, 0.2) is 18.2 Å². The van der Waals surface area contributed by atoms with Crippen LogP contribution in [0.2, 0.25) is 0 Å². The average molecular weight is 298 g/mol. The number of amides is 2.